The highest BCUT2D eigenvalue weighted by Gasteiger charge is 2.77. The van der Waals surface area contributed by atoms with Gasteiger partial charge in [-0.05, 0) is 46.5 Å². The minimum Gasteiger partial charge on any atom is -0.396 e. The summed E-state index contributed by atoms with van der Waals surface area (Å²) in [6, 6.07) is -0.638. The van der Waals surface area contributed by atoms with Gasteiger partial charge in [-0.2, -0.15) is 0 Å². The van der Waals surface area contributed by atoms with E-state index in [1.54, 1.807) is 45.7 Å². The first kappa shape index (κ1) is 25.8. The van der Waals surface area contributed by atoms with Gasteiger partial charge in [0.1, 0.15) is 6.04 Å². The zero-order valence-corrected chi connectivity index (χ0v) is 21.3. The molecular formula is C25H39N3O4S. The second-order valence-corrected chi connectivity index (χ2v) is 12.0. The molecule has 1 spiro atoms. The number of aliphatic hydroxyl groups excluding tert-OH is 1. The van der Waals surface area contributed by atoms with Crippen molar-refractivity contribution in [1.29, 1.82) is 0 Å². The smallest absolute Gasteiger partial charge is 0.247 e. The second kappa shape index (κ2) is 9.82. The van der Waals surface area contributed by atoms with E-state index in [2.05, 4.69) is 20.1 Å². The average Bonchev–Trinajstić information content (AvgIpc) is 3.32. The van der Waals surface area contributed by atoms with Gasteiger partial charge in [0.05, 0.1) is 16.6 Å². The van der Waals surface area contributed by atoms with Crippen LogP contribution in [0.25, 0.3) is 0 Å². The Bertz CT molecular complexity index is 817. The first-order valence-electron chi connectivity index (χ1n) is 12.0. The highest BCUT2D eigenvalue weighted by atomic mass is 32.2. The average molecular weight is 478 g/mol. The lowest BCUT2D eigenvalue weighted by Gasteiger charge is -2.38. The summed E-state index contributed by atoms with van der Waals surface area (Å²) in [4.78, 5) is 46.7. The molecule has 3 aliphatic heterocycles. The highest BCUT2D eigenvalue weighted by Crippen LogP contribution is 2.71. The zero-order chi connectivity index (χ0) is 24.6. The molecule has 3 aliphatic rings. The maximum absolute atomic E-state index is 14.0. The van der Waals surface area contributed by atoms with E-state index in [0.717, 1.165) is 12.8 Å². The summed E-state index contributed by atoms with van der Waals surface area (Å²) < 4.78 is -0.977. The van der Waals surface area contributed by atoms with Gasteiger partial charge in [0, 0.05) is 44.1 Å². The van der Waals surface area contributed by atoms with Gasteiger partial charge in [-0.3, -0.25) is 14.4 Å². The van der Waals surface area contributed by atoms with Crippen molar-refractivity contribution in [2.75, 3.05) is 33.3 Å². The molecule has 7 nitrogen and oxygen atoms in total. The van der Waals surface area contributed by atoms with Crippen molar-refractivity contribution in [1.82, 2.24) is 14.7 Å². The minimum atomic E-state index is -0.606. The fourth-order valence-electron chi connectivity index (χ4n) is 6.09. The van der Waals surface area contributed by atoms with Crippen LogP contribution in [0.4, 0.5) is 0 Å². The number of aliphatic hydroxyl groups is 1. The number of hydrogen-bond acceptors (Lipinski definition) is 5. The number of hydrogen-bond donors (Lipinski definition) is 1. The predicted octanol–water partition coefficient (Wildman–Crippen LogP) is 2.31. The van der Waals surface area contributed by atoms with E-state index in [4.69, 9.17) is 0 Å². The van der Waals surface area contributed by atoms with Crippen LogP contribution >= 0.6 is 11.8 Å². The van der Waals surface area contributed by atoms with Crippen molar-refractivity contribution >= 4 is 29.5 Å². The van der Waals surface area contributed by atoms with Gasteiger partial charge in [-0.1, -0.05) is 12.2 Å². The number of fused-ring (bicyclic) bond motifs is 1. The van der Waals surface area contributed by atoms with E-state index in [-0.39, 0.29) is 35.1 Å². The summed E-state index contributed by atoms with van der Waals surface area (Å²) >= 11 is 1.70. The molecule has 5 atom stereocenters. The van der Waals surface area contributed by atoms with Crippen molar-refractivity contribution in [2.45, 2.75) is 68.0 Å². The molecule has 2 unspecified atom stereocenters. The molecule has 0 aromatic heterocycles. The lowest BCUT2D eigenvalue weighted by atomic mass is 9.66. The van der Waals surface area contributed by atoms with E-state index in [1.165, 1.54) is 0 Å². The second-order valence-electron chi connectivity index (χ2n) is 10.1. The summed E-state index contributed by atoms with van der Waals surface area (Å²) in [5.41, 5.74) is 0. The van der Waals surface area contributed by atoms with Gasteiger partial charge in [0.15, 0.2) is 0 Å². The Morgan fingerprint density at radius 2 is 1.88 bits per heavy atom. The third kappa shape index (κ3) is 4.14. The predicted molar refractivity (Wildman–Crippen MR) is 132 cm³/mol. The first-order valence-corrected chi connectivity index (χ1v) is 12.8. The van der Waals surface area contributed by atoms with Crippen molar-refractivity contribution < 1.29 is 19.5 Å². The van der Waals surface area contributed by atoms with Crippen LogP contribution in [0.15, 0.2) is 25.3 Å². The molecule has 0 saturated carbocycles. The van der Waals surface area contributed by atoms with E-state index in [1.807, 2.05) is 13.8 Å². The summed E-state index contributed by atoms with van der Waals surface area (Å²) in [7, 11) is 1.75. The third-order valence-corrected chi connectivity index (χ3v) is 9.58. The molecule has 3 heterocycles. The quantitative estimate of drug-likeness (QED) is 0.365. The maximum atomic E-state index is 14.0. The molecular weight excluding hydrogens is 438 g/mol. The molecule has 0 aromatic rings. The fourth-order valence-corrected chi connectivity index (χ4v) is 8.43. The number of likely N-dealkylation sites (N-methyl/N-ethyl adjacent to an activating group) is 1. The van der Waals surface area contributed by atoms with Crippen LogP contribution in [0.1, 0.15) is 46.5 Å². The van der Waals surface area contributed by atoms with Crippen LogP contribution in [-0.2, 0) is 14.4 Å². The lowest BCUT2D eigenvalue weighted by molar-refractivity contribution is -0.145. The summed E-state index contributed by atoms with van der Waals surface area (Å²) in [5, 5.41) is 9.29. The third-order valence-electron chi connectivity index (χ3n) is 7.60. The van der Waals surface area contributed by atoms with E-state index in [9.17, 15) is 19.5 Å². The van der Waals surface area contributed by atoms with Crippen LogP contribution in [0.3, 0.4) is 0 Å². The van der Waals surface area contributed by atoms with Gasteiger partial charge >= 0.3 is 0 Å². The van der Waals surface area contributed by atoms with Crippen LogP contribution in [-0.4, -0.2) is 92.4 Å². The monoisotopic (exact) mass is 477 g/mol. The number of nitrogens with zero attached hydrogens (tertiary/aromatic N) is 3. The Hall–Kier alpha value is -1.80. The lowest BCUT2D eigenvalue weighted by Crippen LogP contribution is -2.56. The molecule has 3 amide bonds. The summed E-state index contributed by atoms with van der Waals surface area (Å²) in [5.74, 6) is -1.16. The number of unbranched alkanes of at least 4 members (excludes halogenated alkanes) is 1. The first-order chi connectivity index (χ1) is 15.6. The van der Waals surface area contributed by atoms with Crippen molar-refractivity contribution in [3.63, 3.8) is 0 Å². The molecule has 0 aromatic carbocycles. The number of rotatable bonds is 11. The van der Waals surface area contributed by atoms with Gasteiger partial charge < -0.3 is 19.8 Å². The Kier molecular flexibility index (Phi) is 7.68. The van der Waals surface area contributed by atoms with Crippen molar-refractivity contribution in [3.8, 4) is 0 Å². The van der Waals surface area contributed by atoms with Gasteiger partial charge in [-0.15, -0.1) is 24.9 Å². The van der Waals surface area contributed by atoms with Crippen LogP contribution in [0, 0.1) is 11.8 Å². The number of likely N-dealkylation sites (tertiary alicyclic amines) is 1. The summed E-state index contributed by atoms with van der Waals surface area (Å²) in [6.45, 7) is 14.9. The molecule has 1 N–H and O–H groups in total. The van der Waals surface area contributed by atoms with E-state index >= 15 is 0 Å². The van der Waals surface area contributed by atoms with E-state index < -0.39 is 22.6 Å². The van der Waals surface area contributed by atoms with Crippen LogP contribution < -0.4 is 0 Å². The van der Waals surface area contributed by atoms with E-state index in [0.29, 0.717) is 32.5 Å². The minimum absolute atomic E-state index is 0.0318. The van der Waals surface area contributed by atoms with Crippen molar-refractivity contribution in [3.05, 3.63) is 25.3 Å². The fraction of sp³-hybridized carbons (Fsp3) is 0.720. The Morgan fingerprint density at radius 3 is 2.45 bits per heavy atom. The van der Waals surface area contributed by atoms with Crippen LogP contribution in [0.5, 0.6) is 0 Å². The molecule has 3 fully saturated rings. The maximum Gasteiger partial charge on any atom is 0.247 e. The molecule has 184 valence electrons. The molecule has 33 heavy (non-hydrogen) atoms. The van der Waals surface area contributed by atoms with Crippen molar-refractivity contribution in [2.24, 2.45) is 11.8 Å². The Balaban J connectivity index is 2.06. The topological polar surface area (TPSA) is 81.2 Å². The Labute approximate surface area is 202 Å². The normalized spacial score (nSPS) is 32.2. The molecule has 3 saturated heterocycles. The molecule has 8 heteroatoms. The van der Waals surface area contributed by atoms with Gasteiger partial charge in [0.2, 0.25) is 17.7 Å². The molecule has 2 bridgehead atoms. The largest absolute Gasteiger partial charge is 0.396 e. The standard InChI is InChI=1S/C25H39N3O4S/c1-7-13-26(6)21(30)18-19-22(31)28(15-9-10-16-29)20(23(32)27(14-8-2)17(3)4)25(19)12-11-24(18,5)33-25/h7-8,17-20,29H,1-2,9-16H2,3-6H3/t18-,19-,20?,24+,25?/m0/s1. The highest BCUT2D eigenvalue weighted by molar-refractivity contribution is 8.02. The number of thioether (sulfide) groups is 1. The Morgan fingerprint density at radius 1 is 1.21 bits per heavy atom. The number of carbonyl (C=O) groups is 3. The van der Waals surface area contributed by atoms with Gasteiger partial charge in [0.25, 0.3) is 0 Å². The zero-order valence-electron chi connectivity index (χ0n) is 20.5. The molecule has 0 radical (unpaired) electrons. The van der Waals surface area contributed by atoms with Gasteiger partial charge in [-0.25, -0.2) is 0 Å². The number of carbonyl (C=O) groups excluding carboxylic acids is 3. The molecule has 3 rings (SSSR count). The SMILES string of the molecule is C=CCN(C)C(=O)[C@@H]1[C@H]2C(=O)N(CCCCO)C(C(=O)N(CC=C)C(C)C)C23CC[C@@]1(C)S3. The summed E-state index contributed by atoms with van der Waals surface area (Å²) in [6.07, 6.45) is 6.14. The molecule has 0 aliphatic carbocycles. The number of amides is 3. The van der Waals surface area contributed by atoms with Crippen LogP contribution in [0.2, 0.25) is 0 Å².